The Morgan fingerprint density at radius 1 is 0.903 bits per heavy atom. The second-order valence-electron chi connectivity index (χ2n) is 8.10. The first kappa shape index (κ1) is 22.8. The number of anilines is 2. The van der Waals surface area contributed by atoms with Crippen molar-refractivity contribution in [1.82, 2.24) is 9.80 Å². The van der Waals surface area contributed by atoms with E-state index in [0.717, 1.165) is 41.2 Å². The lowest BCUT2D eigenvalue weighted by molar-refractivity contribution is -0.117. The molecule has 0 aliphatic carbocycles. The maximum atomic E-state index is 12.9. The average molecular weight is 423 g/mol. The Labute approximate surface area is 185 Å². The first-order valence-corrected chi connectivity index (χ1v) is 11.2. The molecule has 1 heterocycles. The summed E-state index contributed by atoms with van der Waals surface area (Å²) in [6.07, 6.45) is 0. The van der Waals surface area contributed by atoms with Crippen LogP contribution in [0.15, 0.2) is 42.5 Å². The minimum Gasteiger partial charge on any atom is -0.372 e. The summed E-state index contributed by atoms with van der Waals surface area (Å²) in [6, 6.07) is 13.9. The zero-order valence-electron chi connectivity index (χ0n) is 19.1. The number of carbonyl (C=O) groups excluding carboxylic acids is 2. The van der Waals surface area contributed by atoms with Crippen LogP contribution in [0, 0.1) is 13.8 Å². The fourth-order valence-corrected chi connectivity index (χ4v) is 4.09. The SMILES string of the molecule is CCN(CC)c1ccc(C(=O)N2CCN(CC(=O)Nc3c(C)cccc3C)CC2)cc1. The topological polar surface area (TPSA) is 55.9 Å². The minimum absolute atomic E-state index is 0.0100. The molecule has 2 aromatic carbocycles. The van der Waals surface area contributed by atoms with E-state index in [-0.39, 0.29) is 11.8 Å². The van der Waals surface area contributed by atoms with Crippen molar-refractivity contribution < 1.29 is 9.59 Å². The fourth-order valence-electron chi connectivity index (χ4n) is 4.09. The predicted octanol–water partition coefficient (Wildman–Crippen LogP) is 3.55. The number of nitrogens with one attached hydrogen (secondary N) is 1. The molecular formula is C25H34N4O2. The molecule has 0 spiro atoms. The zero-order chi connectivity index (χ0) is 22.4. The Kier molecular flexibility index (Phi) is 7.69. The number of aryl methyl sites for hydroxylation is 2. The van der Waals surface area contributed by atoms with E-state index in [1.165, 1.54) is 0 Å². The Morgan fingerprint density at radius 2 is 1.48 bits per heavy atom. The molecule has 1 aliphatic heterocycles. The van der Waals surface area contributed by atoms with E-state index in [9.17, 15) is 9.59 Å². The molecule has 0 bridgehead atoms. The van der Waals surface area contributed by atoms with Crippen LogP contribution in [0.3, 0.4) is 0 Å². The molecule has 2 aromatic rings. The third kappa shape index (κ3) is 5.64. The summed E-state index contributed by atoms with van der Waals surface area (Å²) in [6.45, 7) is 13.2. The van der Waals surface area contributed by atoms with E-state index in [1.807, 2.05) is 61.2 Å². The van der Waals surface area contributed by atoms with Gasteiger partial charge in [0.2, 0.25) is 5.91 Å². The van der Waals surface area contributed by atoms with Gasteiger partial charge in [0, 0.05) is 56.2 Å². The van der Waals surface area contributed by atoms with Gasteiger partial charge >= 0.3 is 0 Å². The second kappa shape index (κ2) is 10.4. The highest BCUT2D eigenvalue weighted by Crippen LogP contribution is 2.20. The molecule has 0 atom stereocenters. The summed E-state index contributed by atoms with van der Waals surface area (Å²) in [5, 5.41) is 3.04. The van der Waals surface area contributed by atoms with Gasteiger partial charge < -0.3 is 15.1 Å². The van der Waals surface area contributed by atoms with Gasteiger partial charge in [-0.15, -0.1) is 0 Å². The highest BCUT2D eigenvalue weighted by Gasteiger charge is 2.23. The van der Waals surface area contributed by atoms with E-state index in [4.69, 9.17) is 0 Å². The van der Waals surface area contributed by atoms with Gasteiger partial charge in [0.15, 0.2) is 0 Å². The number of para-hydroxylation sites is 1. The van der Waals surface area contributed by atoms with E-state index < -0.39 is 0 Å². The van der Waals surface area contributed by atoms with Gasteiger partial charge in [-0.2, -0.15) is 0 Å². The molecule has 6 heteroatoms. The lowest BCUT2D eigenvalue weighted by Gasteiger charge is -2.34. The molecule has 0 radical (unpaired) electrons. The van der Waals surface area contributed by atoms with Gasteiger partial charge in [0.25, 0.3) is 5.91 Å². The predicted molar refractivity (Wildman–Crippen MR) is 127 cm³/mol. The quantitative estimate of drug-likeness (QED) is 0.742. The number of piperazine rings is 1. The van der Waals surface area contributed by atoms with Gasteiger partial charge in [0.05, 0.1) is 6.54 Å². The molecule has 31 heavy (non-hydrogen) atoms. The van der Waals surface area contributed by atoms with Crippen molar-refractivity contribution in [2.45, 2.75) is 27.7 Å². The minimum atomic E-state index is -0.0100. The monoisotopic (exact) mass is 422 g/mol. The zero-order valence-corrected chi connectivity index (χ0v) is 19.1. The summed E-state index contributed by atoms with van der Waals surface area (Å²) in [4.78, 5) is 31.6. The van der Waals surface area contributed by atoms with Crippen molar-refractivity contribution >= 4 is 23.2 Å². The number of hydrogen-bond acceptors (Lipinski definition) is 4. The van der Waals surface area contributed by atoms with Gasteiger partial charge in [0.1, 0.15) is 0 Å². The van der Waals surface area contributed by atoms with Crippen LogP contribution < -0.4 is 10.2 Å². The van der Waals surface area contributed by atoms with Crippen LogP contribution in [-0.4, -0.2) is 67.4 Å². The van der Waals surface area contributed by atoms with E-state index >= 15 is 0 Å². The molecule has 2 amide bonds. The van der Waals surface area contributed by atoms with Crippen LogP contribution in [0.1, 0.15) is 35.3 Å². The van der Waals surface area contributed by atoms with Crippen molar-refractivity contribution in [3.63, 3.8) is 0 Å². The van der Waals surface area contributed by atoms with Crippen molar-refractivity contribution in [2.75, 3.05) is 56.0 Å². The number of rotatable bonds is 7. The average Bonchev–Trinajstić information content (AvgIpc) is 2.78. The normalized spacial score (nSPS) is 14.4. The van der Waals surface area contributed by atoms with Crippen LogP contribution in [-0.2, 0) is 4.79 Å². The molecule has 6 nitrogen and oxygen atoms in total. The summed E-state index contributed by atoms with van der Waals surface area (Å²) in [7, 11) is 0. The Morgan fingerprint density at radius 3 is 2.03 bits per heavy atom. The molecule has 3 rings (SSSR count). The summed E-state index contributed by atoms with van der Waals surface area (Å²) < 4.78 is 0. The smallest absolute Gasteiger partial charge is 0.253 e. The first-order chi connectivity index (χ1) is 14.9. The van der Waals surface area contributed by atoms with Crippen LogP contribution in [0.25, 0.3) is 0 Å². The molecule has 1 N–H and O–H groups in total. The number of hydrogen-bond donors (Lipinski definition) is 1. The van der Waals surface area contributed by atoms with E-state index in [2.05, 4.69) is 29.0 Å². The Hall–Kier alpha value is -2.86. The lowest BCUT2D eigenvalue weighted by atomic mass is 10.1. The van der Waals surface area contributed by atoms with E-state index in [0.29, 0.717) is 32.7 Å². The van der Waals surface area contributed by atoms with Crippen molar-refractivity contribution in [3.05, 3.63) is 59.2 Å². The number of amides is 2. The third-order valence-electron chi connectivity index (χ3n) is 6.02. The largest absolute Gasteiger partial charge is 0.372 e. The second-order valence-corrected chi connectivity index (χ2v) is 8.10. The van der Waals surface area contributed by atoms with Crippen molar-refractivity contribution in [3.8, 4) is 0 Å². The lowest BCUT2D eigenvalue weighted by Crippen LogP contribution is -2.50. The summed E-state index contributed by atoms with van der Waals surface area (Å²) >= 11 is 0. The molecule has 1 aliphatic rings. The number of nitrogens with zero attached hydrogens (tertiary/aromatic N) is 3. The fraction of sp³-hybridized carbons (Fsp3) is 0.440. The third-order valence-corrected chi connectivity index (χ3v) is 6.02. The standard InChI is InChI=1S/C25H34N4O2/c1-5-28(6-2)22-12-10-21(11-13-22)25(31)29-16-14-27(15-17-29)18-23(30)26-24-19(3)8-7-9-20(24)4/h7-13H,5-6,14-18H2,1-4H3,(H,26,30). The molecule has 0 saturated carbocycles. The van der Waals surface area contributed by atoms with Gasteiger partial charge in [-0.1, -0.05) is 18.2 Å². The molecular weight excluding hydrogens is 388 g/mol. The van der Waals surface area contributed by atoms with Gasteiger partial charge in [-0.3, -0.25) is 14.5 Å². The molecule has 0 unspecified atom stereocenters. The summed E-state index contributed by atoms with van der Waals surface area (Å²) in [5.41, 5.74) is 4.89. The number of benzene rings is 2. The van der Waals surface area contributed by atoms with E-state index in [1.54, 1.807) is 0 Å². The van der Waals surface area contributed by atoms with Crippen LogP contribution in [0.4, 0.5) is 11.4 Å². The molecule has 166 valence electrons. The van der Waals surface area contributed by atoms with Crippen LogP contribution in [0.5, 0.6) is 0 Å². The van der Waals surface area contributed by atoms with Crippen LogP contribution in [0.2, 0.25) is 0 Å². The van der Waals surface area contributed by atoms with Crippen molar-refractivity contribution in [1.29, 1.82) is 0 Å². The van der Waals surface area contributed by atoms with Gasteiger partial charge in [-0.05, 0) is 63.1 Å². The molecule has 1 fully saturated rings. The maximum absolute atomic E-state index is 12.9. The molecule has 1 saturated heterocycles. The first-order valence-electron chi connectivity index (χ1n) is 11.2. The van der Waals surface area contributed by atoms with Crippen molar-refractivity contribution in [2.24, 2.45) is 0 Å². The summed E-state index contributed by atoms with van der Waals surface area (Å²) in [5.74, 6) is 0.0508. The van der Waals surface area contributed by atoms with Crippen LogP contribution >= 0.6 is 0 Å². The highest BCUT2D eigenvalue weighted by atomic mass is 16.2. The van der Waals surface area contributed by atoms with Gasteiger partial charge in [-0.25, -0.2) is 0 Å². The maximum Gasteiger partial charge on any atom is 0.253 e. The Bertz CT molecular complexity index is 878. The number of carbonyl (C=O) groups is 2. The highest BCUT2D eigenvalue weighted by molar-refractivity contribution is 5.95. The Balaban J connectivity index is 1.51. The molecule has 0 aromatic heterocycles.